The second-order valence-electron chi connectivity index (χ2n) is 6.02. The zero-order valence-electron chi connectivity index (χ0n) is 14.5. The minimum absolute atomic E-state index is 0.182. The molecule has 1 aromatic carbocycles. The van der Waals surface area contributed by atoms with Gasteiger partial charge in [-0.05, 0) is 26.0 Å². The molecule has 0 spiro atoms. The molecule has 2 heterocycles. The molecule has 1 N–H and O–H groups in total. The maximum Gasteiger partial charge on any atom is 0.351 e. The predicted molar refractivity (Wildman–Crippen MR) is 93.9 cm³/mol. The third-order valence-corrected chi connectivity index (χ3v) is 3.91. The number of hydrogen-bond acceptors (Lipinski definition) is 5. The van der Waals surface area contributed by atoms with Crippen molar-refractivity contribution >= 4 is 5.78 Å². The highest BCUT2D eigenvalue weighted by Crippen LogP contribution is 2.04. The van der Waals surface area contributed by atoms with Crippen molar-refractivity contribution in [3.8, 4) is 5.69 Å². The van der Waals surface area contributed by atoms with Crippen molar-refractivity contribution in [3.05, 3.63) is 79.0 Å². The second kappa shape index (κ2) is 6.43. The molecule has 0 fully saturated rings. The van der Waals surface area contributed by atoms with E-state index in [-0.39, 0.29) is 11.6 Å². The predicted octanol–water partition coefficient (Wildman–Crippen LogP) is 0.233. The lowest BCUT2D eigenvalue weighted by Crippen LogP contribution is -2.43. The summed E-state index contributed by atoms with van der Waals surface area (Å²) in [5, 5.41) is 6.48. The summed E-state index contributed by atoms with van der Waals surface area (Å²) in [6, 6.07) is 8.02. The summed E-state index contributed by atoms with van der Waals surface area (Å²) >= 11 is 0. The van der Waals surface area contributed by atoms with Gasteiger partial charge in [0.15, 0.2) is 5.69 Å². The Bertz CT molecular complexity index is 1150. The largest absolute Gasteiger partial charge is 0.351 e. The quantitative estimate of drug-likeness (QED) is 0.674. The van der Waals surface area contributed by atoms with Gasteiger partial charge in [0.05, 0.1) is 5.69 Å². The van der Waals surface area contributed by atoms with Crippen LogP contribution < -0.4 is 16.8 Å². The monoisotopic (exact) mass is 355 g/mol. The first-order chi connectivity index (χ1) is 12.3. The Labute approximate surface area is 147 Å². The normalized spacial score (nSPS) is 11.1. The smallest absolute Gasteiger partial charge is 0.302 e. The number of rotatable bonds is 4. The lowest BCUT2D eigenvalue weighted by atomic mass is 10.2. The summed E-state index contributed by atoms with van der Waals surface area (Å²) in [4.78, 5) is 50.2. The van der Waals surface area contributed by atoms with Crippen molar-refractivity contribution in [2.24, 2.45) is 7.05 Å². The highest BCUT2D eigenvalue weighted by atomic mass is 16.2. The van der Waals surface area contributed by atoms with E-state index in [1.807, 2.05) is 0 Å². The average Bonchev–Trinajstić information content (AvgIpc) is 3.00. The molecule has 0 atom stereocenters. The highest BCUT2D eigenvalue weighted by molar-refractivity contribution is 6.07. The third kappa shape index (κ3) is 2.73. The van der Waals surface area contributed by atoms with Gasteiger partial charge in [0.25, 0.3) is 11.1 Å². The van der Waals surface area contributed by atoms with E-state index in [0.717, 1.165) is 9.25 Å². The number of nitrogens with one attached hydrogen (secondary N) is 1. The highest BCUT2D eigenvalue weighted by Gasteiger charge is 2.24. The molecule has 0 saturated heterocycles. The summed E-state index contributed by atoms with van der Waals surface area (Å²) in [6.45, 7) is 3.55. The number of aromatic nitrogens is 5. The number of benzene rings is 1. The van der Waals surface area contributed by atoms with Crippen LogP contribution in [-0.4, -0.2) is 29.9 Å². The molecule has 0 unspecified atom stereocenters. The SMILES string of the molecule is CC(C)n1[nH]cc(C(=O)c2nn(C)c(=O)n(-c3ccccc3)c2=O)c1=O. The third-order valence-electron chi connectivity index (χ3n) is 3.91. The van der Waals surface area contributed by atoms with Crippen molar-refractivity contribution in [1.82, 2.24) is 24.1 Å². The molecule has 134 valence electrons. The van der Waals surface area contributed by atoms with Crippen LogP contribution in [0.4, 0.5) is 0 Å². The number of aromatic amines is 1. The van der Waals surface area contributed by atoms with Crippen LogP contribution in [-0.2, 0) is 7.05 Å². The number of carbonyl (C=O) groups excluding carboxylic acids is 1. The van der Waals surface area contributed by atoms with Crippen molar-refractivity contribution in [2.45, 2.75) is 19.9 Å². The molecule has 0 amide bonds. The van der Waals surface area contributed by atoms with Crippen LogP contribution in [0, 0.1) is 0 Å². The van der Waals surface area contributed by atoms with Crippen LogP contribution in [0.15, 0.2) is 50.9 Å². The van der Waals surface area contributed by atoms with E-state index in [0.29, 0.717) is 5.69 Å². The maximum atomic E-state index is 12.8. The van der Waals surface area contributed by atoms with E-state index in [2.05, 4.69) is 10.2 Å². The number of hydrogen-bond donors (Lipinski definition) is 1. The number of carbonyl (C=O) groups is 1. The molecule has 0 aliphatic heterocycles. The molecule has 0 aliphatic rings. The van der Waals surface area contributed by atoms with Gasteiger partial charge in [0, 0.05) is 19.3 Å². The fourth-order valence-electron chi connectivity index (χ4n) is 2.58. The number of aryl methyl sites for hydroxylation is 1. The first-order valence-electron chi connectivity index (χ1n) is 7.93. The van der Waals surface area contributed by atoms with Gasteiger partial charge in [-0.25, -0.2) is 14.0 Å². The molecule has 0 saturated carbocycles. The van der Waals surface area contributed by atoms with Crippen LogP contribution in [0.1, 0.15) is 35.9 Å². The summed E-state index contributed by atoms with van der Waals surface area (Å²) in [7, 11) is 1.33. The van der Waals surface area contributed by atoms with Crippen LogP contribution in [0.3, 0.4) is 0 Å². The van der Waals surface area contributed by atoms with E-state index >= 15 is 0 Å². The number of ketones is 1. The number of para-hydroxylation sites is 1. The van der Waals surface area contributed by atoms with E-state index in [1.165, 1.54) is 17.9 Å². The van der Waals surface area contributed by atoms with Crippen molar-refractivity contribution < 1.29 is 4.79 Å². The zero-order valence-corrected chi connectivity index (χ0v) is 14.5. The molecule has 0 aliphatic carbocycles. The van der Waals surface area contributed by atoms with Crippen molar-refractivity contribution in [1.29, 1.82) is 0 Å². The van der Waals surface area contributed by atoms with Crippen LogP contribution in [0.5, 0.6) is 0 Å². The van der Waals surface area contributed by atoms with E-state index in [9.17, 15) is 19.2 Å². The fraction of sp³-hybridized carbons (Fsp3) is 0.235. The molecule has 0 bridgehead atoms. The van der Waals surface area contributed by atoms with Gasteiger partial charge in [-0.1, -0.05) is 18.2 Å². The van der Waals surface area contributed by atoms with E-state index in [1.54, 1.807) is 44.2 Å². The van der Waals surface area contributed by atoms with E-state index < -0.39 is 28.3 Å². The lowest BCUT2D eigenvalue weighted by Gasteiger charge is -2.08. The Kier molecular flexibility index (Phi) is 4.29. The first kappa shape index (κ1) is 17.3. The van der Waals surface area contributed by atoms with Crippen LogP contribution in [0.25, 0.3) is 5.69 Å². The van der Waals surface area contributed by atoms with Gasteiger partial charge in [-0.15, -0.1) is 0 Å². The minimum atomic E-state index is -0.874. The molecular formula is C17H17N5O4. The standard InChI is InChI=1S/C17H17N5O4/c1-10(2)22-15(24)12(9-18-22)14(23)13-16(25)21(17(26)20(3)19-13)11-7-5-4-6-8-11/h4-10,18H,1-3H3. The molecule has 3 rings (SSSR count). The molecular weight excluding hydrogens is 338 g/mol. The first-order valence-corrected chi connectivity index (χ1v) is 7.93. The second-order valence-corrected chi connectivity index (χ2v) is 6.02. The Morgan fingerprint density at radius 1 is 1.08 bits per heavy atom. The number of nitrogens with zero attached hydrogens (tertiary/aromatic N) is 4. The Balaban J connectivity index is 2.23. The minimum Gasteiger partial charge on any atom is -0.302 e. The van der Waals surface area contributed by atoms with Gasteiger partial charge in [0.2, 0.25) is 5.78 Å². The Morgan fingerprint density at radius 3 is 2.31 bits per heavy atom. The summed E-state index contributed by atoms with van der Waals surface area (Å²) in [6.07, 6.45) is 1.24. The molecule has 9 nitrogen and oxygen atoms in total. The van der Waals surface area contributed by atoms with Gasteiger partial charge in [-0.3, -0.25) is 19.1 Å². The van der Waals surface area contributed by atoms with Crippen LogP contribution >= 0.6 is 0 Å². The Hall–Kier alpha value is -3.49. The summed E-state index contributed by atoms with van der Waals surface area (Å²) < 4.78 is 3.02. The molecule has 26 heavy (non-hydrogen) atoms. The fourth-order valence-corrected chi connectivity index (χ4v) is 2.58. The van der Waals surface area contributed by atoms with Gasteiger partial charge in [-0.2, -0.15) is 5.10 Å². The number of H-pyrrole nitrogens is 1. The average molecular weight is 355 g/mol. The van der Waals surface area contributed by atoms with E-state index in [4.69, 9.17) is 0 Å². The topological polar surface area (TPSA) is 112 Å². The van der Waals surface area contributed by atoms with Gasteiger partial charge in [0.1, 0.15) is 5.56 Å². The molecule has 9 heteroatoms. The maximum absolute atomic E-state index is 12.8. The van der Waals surface area contributed by atoms with Crippen molar-refractivity contribution in [2.75, 3.05) is 0 Å². The van der Waals surface area contributed by atoms with Gasteiger partial charge >= 0.3 is 5.69 Å². The summed E-state index contributed by atoms with van der Waals surface area (Å²) in [5.41, 5.74) is -2.51. The van der Waals surface area contributed by atoms with Crippen molar-refractivity contribution in [3.63, 3.8) is 0 Å². The molecule has 0 radical (unpaired) electrons. The zero-order chi connectivity index (χ0) is 19.0. The lowest BCUT2D eigenvalue weighted by molar-refractivity contribution is 0.102. The van der Waals surface area contributed by atoms with Crippen LogP contribution in [0.2, 0.25) is 0 Å². The molecule has 2 aromatic heterocycles. The Morgan fingerprint density at radius 2 is 1.73 bits per heavy atom. The summed E-state index contributed by atoms with van der Waals surface area (Å²) in [5.74, 6) is -0.837. The molecule has 3 aromatic rings. The van der Waals surface area contributed by atoms with Gasteiger partial charge < -0.3 is 5.10 Å².